The van der Waals surface area contributed by atoms with Gasteiger partial charge in [-0.2, -0.15) is 0 Å². The van der Waals surface area contributed by atoms with Gasteiger partial charge in [-0.25, -0.2) is 8.42 Å². The molecule has 0 saturated carbocycles. The van der Waals surface area contributed by atoms with Crippen molar-refractivity contribution in [3.05, 3.63) is 57.3 Å². The molecule has 0 aliphatic carbocycles. The molecule has 1 aromatic carbocycles. The van der Waals surface area contributed by atoms with Gasteiger partial charge in [0.1, 0.15) is 0 Å². The lowest BCUT2D eigenvalue weighted by Gasteiger charge is -2.16. The average Bonchev–Trinajstić information content (AvgIpc) is 3.08. The van der Waals surface area contributed by atoms with Crippen molar-refractivity contribution < 1.29 is 13.2 Å². The molecule has 1 saturated heterocycles. The first kappa shape index (κ1) is 19.7. The van der Waals surface area contributed by atoms with Crippen molar-refractivity contribution in [1.82, 2.24) is 4.57 Å². The third-order valence-electron chi connectivity index (χ3n) is 4.77. The number of hydrogen-bond donors (Lipinski definition) is 0. The molecule has 1 aliphatic heterocycles. The molecule has 26 heavy (non-hydrogen) atoms. The minimum Gasteiger partial charge on any atom is -0.344 e. The van der Waals surface area contributed by atoms with E-state index in [0.29, 0.717) is 12.2 Å². The Hall–Kier alpha value is -1.05. The van der Waals surface area contributed by atoms with Gasteiger partial charge in [-0.1, -0.05) is 28.1 Å². The Labute approximate surface area is 167 Å². The first-order valence-electron chi connectivity index (χ1n) is 8.51. The fourth-order valence-electron chi connectivity index (χ4n) is 3.52. The first-order valence-corrected chi connectivity index (χ1v) is 12.3. The summed E-state index contributed by atoms with van der Waals surface area (Å²) in [5, 5.41) is 0. The SMILES string of the molecule is Cc1cc(C(=O)CSCc2ccc(Br)cc2)c(C)n1C1CCS(=O)(=O)C1. The van der Waals surface area contributed by atoms with Crippen LogP contribution in [0.25, 0.3) is 0 Å². The maximum atomic E-state index is 12.7. The van der Waals surface area contributed by atoms with Gasteiger partial charge in [-0.15, -0.1) is 11.8 Å². The molecule has 1 atom stereocenters. The number of halogens is 1. The van der Waals surface area contributed by atoms with Crippen molar-refractivity contribution in [3.8, 4) is 0 Å². The summed E-state index contributed by atoms with van der Waals surface area (Å²) in [6.07, 6.45) is 0.630. The van der Waals surface area contributed by atoms with E-state index in [4.69, 9.17) is 0 Å². The van der Waals surface area contributed by atoms with Gasteiger partial charge in [-0.05, 0) is 44.0 Å². The Balaban J connectivity index is 1.66. The molecule has 2 heterocycles. The second kappa shape index (κ2) is 7.90. The van der Waals surface area contributed by atoms with Gasteiger partial charge in [0, 0.05) is 33.2 Å². The first-order chi connectivity index (χ1) is 12.3. The molecule has 1 aromatic heterocycles. The van der Waals surface area contributed by atoms with Crippen molar-refractivity contribution in [2.75, 3.05) is 17.3 Å². The predicted molar refractivity (Wildman–Crippen MR) is 111 cm³/mol. The Bertz CT molecular complexity index is 917. The molecule has 0 amide bonds. The van der Waals surface area contributed by atoms with Crippen LogP contribution in [0, 0.1) is 13.8 Å². The standard InChI is InChI=1S/C19H22BrNO3S2/c1-13-9-18(14(2)21(13)17-7-8-26(23,24)12-17)19(22)11-25-10-15-3-5-16(20)6-4-15/h3-6,9,17H,7-8,10-12H2,1-2H3. The van der Waals surface area contributed by atoms with Crippen molar-refractivity contribution in [2.24, 2.45) is 0 Å². The highest BCUT2D eigenvalue weighted by Gasteiger charge is 2.31. The zero-order chi connectivity index (χ0) is 18.9. The number of rotatable bonds is 6. The van der Waals surface area contributed by atoms with E-state index in [-0.39, 0.29) is 23.3 Å². The number of sulfone groups is 1. The molecule has 140 valence electrons. The third kappa shape index (κ3) is 4.43. The number of carbonyl (C=O) groups is 1. The summed E-state index contributed by atoms with van der Waals surface area (Å²) in [6.45, 7) is 3.87. The molecule has 3 rings (SSSR count). The molecule has 1 unspecified atom stereocenters. The van der Waals surface area contributed by atoms with E-state index in [1.54, 1.807) is 11.8 Å². The lowest BCUT2D eigenvalue weighted by molar-refractivity contribution is 0.102. The van der Waals surface area contributed by atoms with E-state index in [1.807, 2.05) is 48.7 Å². The lowest BCUT2D eigenvalue weighted by Crippen LogP contribution is -2.14. The van der Waals surface area contributed by atoms with E-state index in [2.05, 4.69) is 15.9 Å². The van der Waals surface area contributed by atoms with Crippen molar-refractivity contribution >= 4 is 43.3 Å². The van der Waals surface area contributed by atoms with Crippen LogP contribution in [0.5, 0.6) is 0 Å². The zero-order valence-electron chi connectivity index (χ0n) is 14.9. The quantitative estimate of drug-likeness (QED) is 0.607. The zero-order valence-corrected chi connectivity index (χ0v) is 18.1. The monoisotopic (exact) mass is 455 g/mol. The predicted octanol–water partition coefficient (Wildman–Crippen LogP) is 4.34. The third-order valence-corrected chi connectivity index (χ3v) is 8.06. The summed E-state index contributed by atoms with van der Waals surface area (Å²) < 4.78 is 26.7. The van der Waals surface area contributed by atoms with Gasteiger partial charge in [0.2, 0.25) is 0 Å². The van der Waals surface area contributed by atoms with Crippen LogP contribution < -0.4 is 0 Å². The highest BCUT2D eigenvalue weighted by atomic mass is 79.9. The molecule has 4 nitrogen and oxygen atoms in total. The van der Waals surface area contributed by atoms with E-state index < -0.39 is 9.84 Å². The van der Waals surface area contributed by atoms with Crippen LogP contribution in [0.1, 0.15) is 39.8 Å². The molecule has 0 radical (unpaired) electrons. The lowest BCUT2D eigenvalue weighted by atomic mass is 10.2. The fourth-order valence-corrected chi connectivity index (χ4v) is 6.36. The minimum absolute atomic E-state index is 0.0445. The molecule has 7 heteroatoms. The Morgan fingerprint density at radius 1 is 1.27 bits per heavy atom. The Morgan fingerprint density at radius 2 is 1.96 bits per heavy atom. The number of nitrogens with zero attached hydrogens (tertiary/aromatic N) is 1. The van der Waals surface area contributed by atoms with Gasteiger partial charge in [-0.3, -0.25) is 4.79 Å². The van der Waals surface area contributed by atoms with Gasteiger partial charge in [0.05, 0.1) is 17.3 Å². The molecule has 0 spiro atoms. The largest absolute Gasteiger partial charge is 0.344 e. The normalized spacial score (nSPS) is 19.0. The number of thioether (sulfide) groups is 1. The highest BCUT2D eigenvalue weighted by Crippen LogP contribution is 2.29. The highest BCUT2D eigenvalue weighted by molar-refractivity contribution is 9.10. The second-order valence-electron chi connectivity index (χ2n) is 6.75. The van der Waals surface area contributed by atoms with Gasteiger partial charge >= 0.3 is 0 Å². The summed E-state index contributed by atoms with van der Waals surface area (Å²) in [5.74, 6) is 1.73. The Morgan fingerprint density at radius 3 is 2.58 bits per heavy atom. The van der Waals surface area contributed by atoms with E-state index >= 15 is 0 Å². The molecule has 0 N–H and O–H groups in total. The topological polar surface area (TPSA) is 56.1 Å². The van der Waals surface area contributed by atoms with Crippen LogP contribution in [-0.4, -0.2) is 36.0 Å². The van der Waals surface area contributed by atoms with Gasteiger partial charge in [0.15, 0.2) is 15.6 Å². The molecule has 2 aromatic rings. The number of carbonyl (C=O) groups excluding carboxylic acids is 1. The van der Waals surface area contributed by atoms with E-state index in [1.165, 1.54) is 5.56 Å². The van der Waals surface area contributed by atoms with Crippen LogP contribution in [-0.2, 0) is 15.6 Å². The van der Waals surface area contributed by atoms with Gasteiger partial charge < -0.3 is 4.57 Å². The maximum Gasteiger partial charge on any atom is 0.174 e. The maximum absolute atomic E-state index is 12.7. The van der Waals surface area contributed by atoms with Crippen LogP contribution in [0.15, 0.2) is 34.8 Å². The number of Topliss-reactive ketones (excluding diaryl/α,β-unsaturated/α-hetero) is 1. The molecular weight excluding hydrogens is 434 g/mol. The van der Waals surface area contributed by atoms with Crippen LogP contribution in [0.3, 0.4) is 0 Å². The summed E-state index contributed by atoms with van der Waals surface area (Å²) in [4.78, 5) is 12.7. The van der Waals surface area contributed by atoms with E-state index in [9.17, 15) is 13.2 Å². The number of ketones is 1. The molecule has 1 fully saturated rings. The van der Waals surface area contributed by atoms with Crippen molar-refractivity contribution in [3.63, 3.8) is 0 Å². The fraction of sp³-hybridized carbons (Fsp3) is 0.421. The van der Waals surface area contributed by atoms with Crippen LogP contribution >= 0.6 is 27.7 Å². The summed E-state index contributed by atoms with van der Waals surface area (Å²) >= 11 is 5.02. The Kier molecular flexibility index (Phi) is 5.99. The van der Waals surface area contributed by atoms with Crippen LogP contribution in [0.4, 0.5) is 0 Å². The molecular formula is C19H22BrNO3S2. The summed E-state index contributed by atoms with van der Waals surface area (Å²) in [7, 11) is -2.95. The smallest absolute Gasteiger partial charge is 0.174 e. The van der Waals surface area contributed by atoms with E-state index in [0.717, 1.165) is 27.2 Å². The van der Waals surface area contributed by atoms with Crippen LogP contribution in [0.2, 0.25) is 0 Å². The number of aryl methyl sites for hydroxylation is 1. The second-order valence-corrected chi connectivity index (χ2v) is 10.9. The van der Waals surface area contributed by atoms with Gasteiger partial charge in [0.25, 0.3) is 0 Å². The number of hydrogen-bond acceptors (Lipinski definition) is 4. The van der Waals surface area contributed by atoms with Crippen molar-refractivity contribution in [2.45, 2.75) is 32.1 Å². The number of aromatic nitrogens is 1. The molecule has 0 bridgehead atoms. The molecule has 1 aliphatic rings. The summed E-state index contributed by atoms with van der Waals surface area (Å²) in [5.41, 5.74) is 3.76. The average molecular weight is 456 g/mol. The minimum atomic E-state index is -2.95. The van der Waals surface area contributed by atoms with Crippen molar-refractivity contribution in [1.29, 1.82) is 0 Å². The summed E-state index contributed by atoms with van der Waals surface area (Å²) in [6, 6.07) is 9.96. The number of benzene rings is 1.